The molecule has 10 heteroatoms. The van der Waals surface area contributed by atoms with Crippen molar-refractivity contribution in [2.45, 2.75) is 64.4 Å². The van der Waals surface area contributed by atoms with E-state index in [-0.39, 0.29) is 6.61 Å². The Bertz CT molecular complexity index is 534. The van der Waals surface area contributed by atoms with E-state index in [4.69, 9.17) is 33.2 Å². The van der Waals surface area contributed by atoms with Crippen LogP contribution in [0, 0.1) is 0 Å². The van der Waals surface area contributed by atoms with Gasteiger partial charge in [-0.25, -0.2) is 0 Å². The number of methoxy groups -OCH3 is 1. The molecule has 0 saturated carbocycles. The Kier molecular flexibility index (Phi) is 5.99. The van der Waals surface area contributed by atoms with Gasteiger partial charge in [-0.05, 0) is 0 Å². The lowest BCUT2D eigenvalue weighted by Gasteiger charge is -2.40. The molecular formula is C15H22O10. The standard InChI is InChI=1S/C15H22O10/c1-7(16)20-6-10-11(21-8(2)17)12(22-9(3)18)13-14(23-10)25-15(4,19-5)24-13/h10-14H,6H2,1-5H3/t10-,11-,12+,13-,14-,15-/m1/s1. The molecule has 10 nitrogen and oxygen atoms in total. The molecular weight excluding hydrogens is 340 g/mol. The van der Waals surface area contributed by atoms with Gasteiger partial charge in [0.1, 0.15) is 12.7 Å². The molecule has 2 heterocycles. The zero-order chi connectivity index (χ0) is 18.8. The van der Waals surface area contributed by atoms with Crippen LogP contribution in [0.4, 0.5) is 0 Å². The van der Waals surface area contributed by atoms with Crippen molar-refractivity contribution < 1.29 is 47.5 Å². The van der Waals surface area contributed by atoms with Gasteiger partial charge in [-0.1, -0.05) is 0 Å². The smallest absolute Gasteiger partial charge is 0.303 e. The van der Waals surface area contributed by atoms with E-state index in [0.29, 0.717) is 0 Å². The molecule has 0 aromatic rings. The van der Waals surface area contributed by atoms with Crippen LogP contribution in [0.5, 0.6) is 0 Å². The summed E-state index contributed by atoms with van der Waals surface area (Å²) < 4.78 is 37.6. The average molecular weight is 362 g/mol. The lowest BCUT2D eigenvalue weighted by molar-refractivity contribution is -0.334. The van der Waals surface area contributed by atoms with E-state index in [1.807, 2.05) is 0 Å². The summed E-state index contributed by atoms with van der Waals surface area (Å²) in [7, 11) is 1.37. The fraction of sp³-hybridized carbons (Fsp3) is 0.800. The lowest BCUT2D eigenvalue weighted by atomic mass is 9.98. The summed E-state index contributed by atoms with van der Waals surface area (Å²) in [5.74, 6) is -3.19. The second-order valence-corrected chi connectivity index (χ2v) is 5.76. The third-order valence-electron chi connectivity index (χ3n) is 3.70. The fourth-order valence-corrected chi connectivity index (χ4v) is 2.67. The molecule has 0 bridgehead atoms. The van der Waals surface area contributed by atoms with Gasteiger partial charge in [0.15, 0.2) is 24.6 Å². The quantitative estimate of drug-likeness (QED) is 0.484. The Hall–Kier alpha value is -1.75. The van der Waals surface area contributed by atoms with E-state index in [1.165, 1.54) is 34.8 Å². The van der Waals surface area contributed by atoms with Gasteiger partial charge in [0, 0.05) is 34.8 Å². The van der Waals surface area contributed by atoms with Gasteiger partial charge in [0.05, 0.1) is 0 Å². The Morgan fingerprint density at radius 3 is 2.08 bits per heavy atom. The first kappa shape index (κ1) is 19.6. The molecule has 2 aliphatic rings. The summed E-state index contributed by atoms with van der Waals surface area (Å²) in [6.45, 7) is 4.93. The summed E-state index contributed by atoms with van der Waals surface area (Å²) in [6.07, 6.45) is -4.86. The summed E-state index contributed by atoms with van der Waals surface area (Å²) in [4.78, 5) is 34.1. The Morgan fingerprint density at radius 2 is 1.56 bits per heavy atom. The minimum atomic E-state index is -1.43. The maximum absolute atomic E-state index is 11.5. The zero-order valence-corrected chi connectivity index (χ0v) is 14.7. The van der Waals surface area contributed by atoms with Gasteiger partial charge in [-0.3, -0.25) is 19.1 Å². The molecule has 0 spiro atoms. The maximum Gasteiger partial charge on any atom is 0.303 e. The molecule has 142 valence electrons. The first-order valence-electron chi connectivity index (χ1n) is 7.69. The lowest BCUT2D eigenvalue weighted by Crippen LogP contribution is -2.60. The molecule has 0 aliphatic carbocycles. The second kappa shape index (κ2) is 7.65. The molecule has 2 saturated heterocycles. The predicted octanol–water partition coefficient (Wildman–Crippen LogP) is -0.127. The summed E-state index contributed by atoms with van der Waals surface area (Å²) in [5, 5.41) is 0. The van der Waals surface area contributed by atoms with E-state index >= 15 is 0 Å². The summed E-state index contributed by atoms with van der Waals surface area (Å²) in [6, 6.07) is 0. The molecule has 0 radical (unpaired) electrons. The van der Waals surface area contributed by atoms with E-state index in [2.05, 4.69) is 0 Å². The molecule has 0 aromatic carbocycles. The van der Waals surface area contributed by atoms with Crippen molar-refractivity contribution in [1.82, 2.24) is 0 Å². The van der Waals surface area contributed by atoms with Crippen LogP contribution in [-0.2, 0) is 47.5 Å². The van der Waals surface area contributed by atoms with Gasteiger partial charge in [0.2, 0.25) is 0 Å². The van der Waals surface area contributed by atoms with E-state index in [0.717, 1.165) is 0 Å². The monoisotopic (exact) mass is 362 g/mol. The highest BCUT2D eigenvalue weighted by atomic mass is 16.9. The molecule has 0 unspecified atom stereocenters. The third-order valence-corrected chi connectivity index (χ3v) is 3.70. The minimum absolute atomic E-state index is 0.221. The molecule has 2 fully saturated rings. The number of fused-ring (bicyclic) bond motifs is 1. The van der Waals surface area contributed by atoms with Gasteiger partial charge in [0.25, 0.3) is 5.97 Å². The first-order valence-corrected chi connectivity index (χ1v) is 7.69. The van der Waals surface area contributed by atoms with Gasteiger partial charge in [-0.2, -0.15) is 0 Å². The fourth-order valence-electron chi connectivity index (χ4n) is 2.67. The van der Waals surface area contributed by atoms with Crippen molar-refractivity contribution in [3.8, 4) is 0 Å². The molecule has 0 amide bonds. The van der Waals surface area contributed by atoms with Crippen LogP contribution in [0.3, 0.4) is 0 Å². The van der Waals surface area contributed by atoms with Crippen LogP contribution in [0.1, 0.15) is 27.7 Å². The number of hydrogen-bond acceptors (Lipinski definition) is 10. The Balaban J connectivity index is 2.29. The Labute approximate surface area is 144 Å². The van der Waals surface area contributed by atoms with Crippen LogP contribution >= 0.6 is 0 Å². The molecule has 25 heavy (non-hydrogen) atoms. The predicted molar refractivity (Wildman–Crippen MR) is 77.8 cm³/mol. The highest BCUT2D eigenvalue weighted by Crippen LogP contribution is 2.39. The number of ether oxygens (including phenoxy) is 7. The summed E-state index contributed by atoms with van der Waals surface area (Å²) >= 11 is 0. The van der Waals surface area contributed by atoms with Crippen LogP contribution in [0.2, 0.25) is 0 Å². The summed E-state index contributed by atoms with van der Waals surface area (Å²) in [5.41, 5.74) is 0. The number of hydrogen-bond donors (Lipinski definition) is 0. The number of esters is 3. The van der Waals surface area contributed by atoms with E-state index in [9.17, 15) is 14.4 Å². The normalized spacial score (nSPS) is 37.1. The van der Waals surface area contributed by atoms with Gasteiger partial charge >= 0.3 is 17.9 Å². The molecule has 6 atom stereocenters. The van der Waals surface area contributed by atoms with Gasteiger partial charge in [-0.15, -0.1) is 0 Å². The van der Waals surface area contributed by atoms with Crippen molar-refractivity contribution in [3.63, 3.8) is 0 Å². The largest absolute Gasteiger partial charge is 0.463 e. The third kappa shape index (κ3) is 4.66. The van der Waals surface area contributed by atoms with E-state index in [1.54, 1.807) is 0 Å². The zero-order valence-electron chi connectivity index (χ0n) is 14.7. The van der Waals surface area contributed by atoms with Crippen LogP contribution in [-0.4, -0.2) is 68.3 Å². The van der Waals surface area contributed by atoms with Crippen LogP contribution < -0.4 is 0 Å². The van der Waals surface area contributed by atoms with Crippen molar-refractivity contribution in [3.05, 3.63) is 0 Å². The van der Waals surface area contributed by atoms with Crippen molar-refractivity contribution in [1.29, 1.82) is 0 Å². The SMILES string of the molecule is CO[C@@]1(C)O[C@H]2O[C@H](COC(C)=O)[C@@H](OC(C)=O)[C@H](OC(C)=O)[C@H]2O1. The van der Waals surface area contributed by atoms with Crippen molar-refractivity contribution in [2.24, 2.45) is 0 Å². The van der Waals surface area contributed by atoms with Crippen LogP contribution in [0.25, 0.3) is 0 Å². The van der Waals surface area contributed by atoms with Gasteiger partial charge < -0.3 is 28.4 Å². The molecule has 0 N–H and O–H groups in total. The highest BCUT2D eigenvalue weighted by molar-refractivity contribution is 5.67. The van der Waals surface area contributed by atoms with Crippen LogP contribution in [0.15, 0.2) is 0 Å². The first-order chi connectivity index (χ1) is 11.6. The molecule has 0 aromatic heterocycles. The van der Waals surface area contributed by atoms with E-state index < -0.39 is 54.6 Å². The number of rotatable bonds is 5. The number of carbonyl (C=O) groups excluding carboxylic acids is 3. The second-order valence-electron chi connectivity index (χ2n) is 5.76. The maximum atomic E-state index is 11.5. The minimum Gasteiger partial charge on any atom is -0.463 e. The molecule has 2 aliphatic heterocycles. The molecule has 2 rings (SSSR count). The van der Waals surface area contributed by atoms with Crippen molar-refractivity contribution in [2.75, 3.05) is 13.7 Å². The topological polar surface area (TPSA) is 116 Å². The van der Waals surface area contributed by atoms with Crippen molar-refractivity contribution >= 4 is 17.9 Å². The average Bonchev–Trinajstić information content (AvgIpc) is 2.84. The number of carbonyl (C=O) groups is 3. The Morgan fingerprint density at radius 1 is 0.960 bits per heavy atom. The highest BCUT2D eigenvalue weighted by Gasteiger charge is 2.59.